The number of nitrogens with one attached hydrogen (secondary N) is 2. The minimum absolute atomic E-state index is 0. The zero-order chi connectivity index (χ0) is 16.1. The zero-order valence-electron chi connectivity index (χ0n) is 13.1. The van der Waals surface area contributed by atoms with Crippen LogP contribution in [0.5, 0.6) is 0 Å². The molecule has 0 unspecified atom stereocenters. The third kappa shape index (κ3) is 5.89. The molecule has 0 radical (unpaired) electrons. The highest BCUT2D eigenvalue weighted by Crippen LogP contribution is 2.17. The van der Waals surface area contributed by atoms with Gasteiger partial charge in [-0.3, -0.25) is 4.99 Å². The van der Waals surface area contributed by atoms with E-state index in [2.05, 4.69) is 20.6 Å². The van der Waals surface area contributed by atoms with Crippen LogP contribution in [0.3, 0.4) is 0 Å². The minimum atomic E-state index is -0.413. The molecule has 23 heavy (non-hydrogen) atoms. The summed E-state index contributed by atoms with van der Waals surface area (Å²) in [5.74, 6) is 0.259. The topological polar surface area (TPSA) is 49.3 Å². The van der Waals surface area contributed by atoms with E-state index in [9.17, 15) is 4.39 Å². The Morgan fingerprint density at radius 3 is 2.57 bits per heavy atom. The molecule has 0 atom stereocenters. The van der Waals surface area contributed by atoms with Crippen LogP contribution in [0.4, 0.5) is 4.39 Å². The predicted octanol–water partition coefficient (Wildman–Crippen LogP) is 4.04. The number of aromatic nitrogens is 1. The molecular formula is C15H19ClFIN4S. The van der Waals surface area contributed by atoms with Crippen LogP contribution in [0.1, 0.15) is 21.1 Å². The summed E-state index contributed by atoms with van der Waals surface area (Å²) in [6.07, 6.45) is 0. The smallest absolute Gasteiger partial charge is 0.191 e. The molecule has 0 aliphatic rings. The van der Waals surface area contributed by atoms with E-state index < -0.39 is 5.82 Å². The van der Waals surface area contributed by atoms with Crippen LogP contribution in [0, 0.1) is 19.7 Å². The van der Waals surface area contributed by atoms with Crippen molar-refractivity contribution in [3.05, 3.63) is 50.2 Å². The highest BCUT2D eigenvalue weighted by Gasteiger charge is 2.06. The number of hydrogen-bond donors (Lipinski definition) is 2. The van der Waals surface area contributed by atoms with Gasteiger partial charge in [0.15, 0.2) is 5.96 Å². The average Bonchev–Trinajstić information content (AvgIpc) is 2.81. The Bertz CT molecular complexity index is 690. The number of benzene rings is 1. The van der Waals surface area contributed by atoms with Crippen LogP contribution in [0.25, 0.3) is 0 Å². The summed E-state index contributed by atoms with van der Waals surface area (Å²) in [7, 11) is 1.71. The Morgan fingerprint density at radius 1 is 1.30 bits per heavy atom. The van der Waals surface area contributed by atoms with Crippen molar-refractivity contribution in [2.24, 2.45) is 4.99 Å². The summed E-state index contributed by atoms with van der Waals surface area (Å²) in [4.78, 5) is 9.75. The van der Waals surface area contributed by atoms with Gasteiger partial charge in [-0.1, -0.05) is 17.7 Å². The number of nitrogens with zero attached hydrogens (tertiary/aromatic N) is 2. The Hall–Kier alpha value is -0.930. The van der Waals surface area contributed by atoms with E-state index in [1.165, 1.54) is 10.9 Å². The van der Waals surface area contributed by atoms with Gasteiger partial charge in [0.1, 0.15) is 5.82 Å². The van der Waals surface area contributed by atoms with Gasteiger partial charge in [0.25, 0.3) is 0 Å². The second-order valence-corrected chi connectivity index (χ2v) is 6.46. The van der Waals surface area contributed by atoms with Gasteiger partial charge in [-0.2, -0.15) is 0 Å². The van der Waals surface area contributed by atoms with E-state index in [1.807, 2.05) is 13.8 Å². The van der Waals surface area contributed by atoms with Crippen molar-refractivity contribution in [3.8, 4) is 0 Å². The summed E-state index contributed by atoms with van der Waals surface area (Å²) in [5.41, 5.74) is 1.93. The Balaban J connectivity index is 0.00000264. The SMILES string of the molecule is CN=C(NCc1ccc(F)c(Cl)c1)NCc1sc(C)nc1C.I. The normalized spacial score (nSPS) is 11.1. The number of halogens is 3. The molecule has 0 fully saturated rings. The van der Waals surface area contributed by atoms with Crippen molar-refractivity contribution in [3.63, 3.8) is 0 Å². The van der Waals surface area contributed by atoms with Crippen LogP contribution in [0.2, 0.25) is 5.02 Å². The van der Waals surface area contributed by atoms with Crippen molar-refractivity contribution < 1.29 is 4.39 Å². The lowest BCUT2D eigenvalue weighted by molar-refractivity contribution is 0.627. The molecule has 0 saturated carbocycles. The molecule has 0 saturated heterocycles. The highest BCUT2D eigenvalue weighted by atomic mass is 127. The highest BCUT2D eigenvalue weighted by molar-refractivity contribution is 14.0. The molecule has 1 heterocycles. The summed E-state index contributed by atoms with van der Waals surface area (Å²) in [5, 5.41) is 7.59. The molecule has 2 rings (SSSR count). The van der Waals surface area contributed by atoms with Crippen LogP contribution in [-0.2, 0) is 13.1 Å². The fourth-order valence-corrected chi connectivity index (χ4v) is 3.04. The van der Waals surface area contributed by atoms with E-state index in [0.717, 1.165) is 16.3 Å². The molecule has 0 spiro atoms. The summed E-state index contributed by atoms with van der Waals surface area (Å²) >= 11 is 7.44. The molecule has 0 aliphatic heterocycles. The van der Waals surface area contributed by atoms with Crippen molar-refractivity contribution in [1.29, 1.82) is 0 Å². The molecule has 8 heteroatoms. The Labute approximate surface area is 161 Å². The minimum Gasteiger partial charge on any atom is -0.352 e. The van der Waals surface area contributed by atoms with Gasteiger partial charge in [-0.05, 0) is 31.5 Å². The van der Waals surface area contributed by atoms with Gasteiger partial charge in [0.2, 0.25) is 0 Å². The molecule has 2 N–H and O–H groups in total. The Morgan fingerprint density at radius 2 is 2.00 bits per heavy atom. The van der Waals surface area contributed by atoms with E-state index >= 15 is 0 Å². The number of aliphatic imine (C=N–C) groups is 1. The quantitative estimate of drug-likeness (QED) is 0.405. The van der Waals surface area contributed by atoms with Crippen molar-refractivity contribution in [2.75, 3.05) is 7.05 Å². The first-order valence-corrected chi connectivity index (χ1v) is 8.00. The van der Waals surface area contributed by atoms with Crippen molar-refractivity contribution >= 4 is 52.9 Å². The molecular weight excluding hydrogens is 450 g/mol. The summed E-state index contributed by atoms with van der Waals surface area (Å²) in [6.45, 7) is 5.17. The van der Waals surface area contributed by atoms with Gasteiger partial charge in [-0.25, -0.2) is 9.37 Å². The van der Waals surface area contributed by atoms with Crippen LogP contribution >= 0.6 is 46.9 Å². The van der Waals surface area contributed by atoms with Gasteiger partial charge in [0.05, 0.1) is 22.3 Å². The maximum atomic E-state index is 13.1. The number of aryl methyl sites for hydroxylation is 2. The maximum absolute atomic E-state index is 13.1. The van der Waals surface area contributed by atoms with E-state index in [0.29, 0.717) is 19.0 Å². The third-order valence-corrected chi connectivity index (χ3v) is 4.45. The summed E-state index contributed by atoms with van der Waals surface area (Å²) < 4.78 is 13.1. The lowest BCUT2D eigenvalue weighted by Gasteiger charge is -2.11. The van der Waals surface area contributed by atoms with Crippen molar-refractivity contribution in [1.82, 2.24) is 15.6 Å². The Kier molecular flexibility index (Phi) is 8.21. The van der Waals surface area contributed by atoms with Gasteiger partial charge >= 0.3 is 0 Å². The number of hydrogen-bond acceptors (Lipinski definition) is 3. The van der Waals surface area contributed by atoms with Gasteiger partial charge in [0, 0.05) is 18.5 Å². The maximum Gasteiger partial charge on any atom is 0.191 e. The van der Waals surface area contributed by atoms with Crippen molar-refractivity contribution in [2.45, 2.75) is 26.9 Å². The zero-order valence-corrected chi connectivity index (χ0v) is 17.0. The van der Waals surface area contributed by atoms with Gasteiger partial charge in [-0.15, -0.1) is 35.3 Å². The molecule has 0 amide bonds. The third-order valence-electron chi connectivity index (χ3n) is 3.08. The van der Waals surface area contributed by atoms with Crippen LogP contribution in [0.15, 0.2) is 23.2 Å². The fourth-order valence-electron chi connectivity index (χ4n) is 1.96. The fraction of sp³-hybridized carbons (Fsp3) is 0.333. The van der Waals surface area contributed by atoms with E-state index in [4.69, 9.17) is 11.6 Å². The van der Waals surface area contributed by atoms with Crippen LogP contribution < -0.4 is 10.6 Å². The predicted molar refractivity (Wildman–Crippen MR) is 105 cm³/mol. The monoisotopic (exact) mass is 468 g/mol. The largest absolute Gasteiger partial charge is 0.352 e. The lowest BCUT2D eigenvalue weighted by Crippen LogP contribution is -2.36. The molecule has 2 aromatic rings. The molecule has 126 valence electrons. The molecule has 0 bridgehead atoms. The first-order valence-electron chi connectivity index (χ1n) is 6.81. The molecule has 4 nitrogen and oxygen atoms in total. The lowest BCUT2D eigenvalue weighted by atomic mass is 10.2. The standard InChI is InChI=1S/C15H18ClFN4S.HI/c1-9-14(22-10(2)21-9)8-20-15(18-3)19-7-11-4-5-13(17)12(16)6-11;/h4-6H,7-8H2,1-3H3,(H2,18,19,20);1H. The number of guanidine groups is 1. The second kappa shape index (κ2) is 9.39. The average molecular weight is 469 g/mol. The van der Waals surface area contributed by atoms with Gasteiger partial charge < -0.3 is 10.6 Å². The number of rotatable bonds is 4. The first kappa shape index (κ1) is 20.1. The van der Waals surface area contributed by atoms with E-state index in [-0.39, 0.29) is 29.0 Å². The second-order valence-electron chi connectivity index (χ2n) is 4.77. The summed E-state index contributed by atoms with van der Waals surface area (Å²) in [6, 6.07) is 4.66. The molecule has 1 aromatic carbocycles. The molecule has 1 aromatic heterocycles. The first-order chi connectivity index (χ1) is 10.5. The van der Waals surface area contributed by atoms with E-state index in [1.54, 1.807) is 30.5 Å². The number of thiazole rings is 1. The molecule has 0 aliphatic carbocycles. The van der Waals surface area contributed by atoms with Crippen LogP contribution in [-0.4, -0.2) is 18.0 Å².